The monoisotopic (exact) mass is 464 g/mol. The van der Waals surface area contributed by atoms with Crippen LogP contribution in [-0.4, -0.2) is 20.6 Å². The van der Waals surface area contributed by atoms with Crippen LogP contribution in [0.25, 0.3) is 16.6 Å². The highest BCUT2D eigenvalue weighted by molar-refractivity contribution is 9.10. The Balaban J connectivity index is 1.98. The Labute approximate surface area is 180 Å². The SMILES string of the molecule is Cc1cc([N+](=O)[O-])ccc1-n1cc(C(C(=O)O)c2ccccc2)c2cc(Br)ccc21. The molecule has 6 nitrogen and oxygen atoms in total. The van der Waals surface area contributed by atoms with Gasteiger partial charge in [-0.25, -0.2) is 0 Å². The van der Waals surface area contributed by atoms with Crippen LogP contribution in [0.2, 0.25) is 0 Å². The molecule has 0 aliphatic rings. The summed E-state index contributed by atoms with van der Waals surface area (Å²) in [5.74, 6) is -1.79. The number of benzene rings is 3. The van der Waals surface area contributed by atoms with Gasteiger partial charge in [0, 0.05) is 33.9 Å². The number of carboxylic acid groups (broad SMARTS) is 1. The quantitative estimate of drug-likeness (QED) is 0.297. The van der Waals surface area contributed by atoms with Crippen molar-refractivity contribution in [3.8, 4) is 5.69 Å². The van der Waals surface area contributed by atoms with Crippen molar-refractivity contribution >= 4 is 38.5 Å². The smallest absolute Gasteiger partial charge is 0.315 e. The lowest BCUT2D eigenvalue weighted by Crippen LogP contribution is -2.12. The molecular formula is C23H17BrN2O4. The number of nitrogens with zero attached hydrogens (tertiary/aromatic N) is 2. The van der Waals surface area contributed by atoms with E-state index in [1.807, 2.05) is 47.2 Å². The predicted molar refractivity (Wildman–Crippen MR) is 118 cm³/mol. The number of fused-ring (bicyclic) bond motifs is 1. The summed E-state index contributed by atoms with van der Waals surface area (Å²) in [4.78, 5) is 22.9. The molecule has 7 heteroatoms. The molecule has 150 valence electrons. The third-order valence-electron chi connectivity index (χ3n) is 5.14. The molecule has 1 heterocycles. The van der Waals surface area contributed by atoms with E-state index in [1.165, 1.54) is 12.1 Å². The molecule has 1 N–H and O–H groups in total. The molecule has 1 atom stereocenters. The Morgan fingerprint density at radius 1 is 1.10 bits per heavy atom. The molecule has 0 radical (unpaired) electrons. The Kier molecular flexibility index (Phi) is 5.13. The van der Waals surface area contributed by atoms with Gasteiger partial charge in [0.2, 0.25) is 0 Å². The van der Waals surface area contributed by atoms with E-state index in [4.69, 9.17) is 0 Å². The first-order valence-corrected chi connectivity index (χ1v) is 10.00. The van der Waals surface area contributed by atoms with Gasteiger partial charge in [-0.3, -0.25) is 14.9 Å². The van der Waals surface area contributed by atoms with Gasteiger partial charge in [-0.2, -0.15) is 0 Å². The van der Waals surface area contributed by atoms with Gasteiger partial charge in [0.15, 0.2) is 0 Å². The number of aromatic nitrogens is 1. The van der Waals surface area contributed by atoms with Crippen LogP contribution < -0.4 is 0 Å². The third kappa shape index (κ3) is 3.48. The molecule has 0 amide bonds. The molecule has 0 saturated heterocycles. The average Bonchev–Trinajstić information content (AvgIpc) is 3.06. The van der Waals surface area contributed by atoms with Crippen molar-refractivity contribution in [2.45, 2.75) is 12.8 Å². The van der Waals surface area contributed by atoms with Gasteiger partial charge in [-0.05, 0) is 47.9 Å². The van der Waals surface area contributed by atoms with E-state index in [2.05, 4.69) is 15.9 Å². The van der Waals surface area contributed by atoms with Crippen molar-refractivity contribution in [2.24, 2.45) is 0 Å². The van der Waals surface area contributed by atoms with Crippen LogP contribution in [0.5, 0.6) is 0 Å². The number of nitro groups is 1. The van der Waals surface area contributed by atoms with E-state index in [9.17, 15) is 20.0 Å². The molecular weight excluding hydrogens is 448 g/mol. The summed E-state index contributed by atoms with van der Waals surface area (Å²) in [6, 6.07) is 19.5. The van der Waals surface area contributed by atoms with Gasteiger partial charge in [0.05, 0.1) is 10.4 Å². The van der Waals surface area contributed by atoms with Crippen LogP contribution >= 0.6 is 15.9 Å². The maximum absolute atomic E-state index is 12.3. The number of rotatable bonds is 5. The predicted octanol–water partition coefficient (Wildman–Crippen LogP) is 5.83. The number of carboxylic acids is 1. The van der Waals surface area contributed by atoms with Crippen LogP contribution in [0.1, 0.15) is 22.6 Å². The average molecular weight is 465 g/mol. The fourth-order valence-electron chi connectivity index (χ4n) is 3.78. The van der Waals surface area contributed by atoms with Crippen molar-refractivity contribution in [2.75, 3.05) is 0 Å². The number of non-ortho nitro benzene ring substituents is 1. The number of nitro benzene ring substituents is 1. The second-order valence-electron chi connectivity index (χ2n) is 7.03. The van der Waals surface area contributed by atoms with Gasteiger partial charge in [0.25, 0.3) is 5.69 Å². The third-order valence-corrected chi connectivity index (χ3v) is 5.63. The van der Waals surface area contributed by atoms with Crippen LogP contribution in [0.4, 0.5) is 5.69 Å². The Morgan fingerprint density at radius 3 is 2.47 bits per heavy atom. The summed E-state index contributed by atoms with van der Waals surface area (Å²) in [7, 11) is 0. The minimum atomic E-state index is -0.944. The van der Waals surface area contributed by atoms with E-state index in [-0.39, 0.29) is 5.69 Å². The fraction of sp³-hybridized carbons (Fsp3) is 0.0870. The summed E-state index contributed by atoms with van der Waals surface area (Å²) < 4.78 is 2.74. The maximum atomic E-state index is 12.3. The molecule has 0 bridgehead atoms. The number of hydrogen-bond acceptors (Lipinski definition) is 3. The summed E-state index contributed by atoms with van der Waals surface area (Å²) in [6.07, 6.45) is 1.82. The number of aryl methyl sites for hydroxylation is 1. The largest absolute Gasteiger partial charge is 0.481 e. The lowest BCUT2D eigenvalue weighted by Gasteiger charge is -2.12. The first-order valence-electron chi connectivity index (χ1n) is 9.20. The molecule has 0 spiro atoms. The number of aliphatic carboxylic acids is 1. The molecule has 0 aliphatic carbocycles. The van der Waals surface area contributed by atoms with Gasteiger partial charge in [0.1, 0.15) is 5.92 Å². The van der Waals surface area contributed by atoms with E-state index < -0.39 is 16.8 Å². The van der Waals surface area contributed by atoms with Crippen molar-refractivity contribution in [3.05, 3.63) is 104 Å². The van der Waals surface area contributed by atoms with Crippen molar-refractivity contribution in [1.82, 2.24) is 4.57 Å². The maximum Gasteiger partial charge on any atom is 0.315 e. The molecule has 0 fully saturated rings. The minimum Gasteiger partial charge on any atom is -0.481 e. The van der Waals surface area contributed by atoms with E-state index >= 15 is 0 Å². The Bertz CT molecular complexity index is 1280. The first-order chi connectivity index (χ1) is 14.4. The zero-order valence-corrected chi connectivity index (χ0v) is 17.5. The second-order valence-corrected chi connectivity index (χ2v) is 7.94. The second kappa shape index (κ2) is 7.76. The summed E-state index contributed by atoms with van der Waals surface area (Å²) in [5.41, 5.74) is 3.67. The Morgan fingerprint density at radius 2 is 1.83 bits per heavy atom. The highest BCUT2D eigenvalue weighted by Crippen LogP contribution is 2.36. The molecule has 3 aromatic carbocycles. The lowest BCUT2D eigenvalue weighted by molar-refractivity contribution is -0.384. The minimum absolute atomic E-state index is 0.0170. The fourth-order valence-corrected chi connectivity index (χ4v) is 4.14. The molecule has 1 unspecified atom stereocenters. The normalized spacial score (nSPS) is 12.1. The summed E-state index contributed by atoms with van der Waals surface area (Å²) in [6.45, 7) is 1.80. The standard InChI is InChI=1S/C23H17BrN2O4/c1-14-11-17(26(29)30)8-10-20(14)25-13-19(18-12-16(24)7-9-21(18)25)22(23(27)28)15-5-3-2-4-6-15/h2-13,22H,1H3,(H,27,28). The van der Waals surface area contributed by atoms with Gasteiger partial charge in [-0.15, -0.1) is 0 Å². The zero-order valence-electron chi connectivity index (χ0n) is 15.9. The molecule has 30 heavy (non-hydrogen) atoms. The van der Waals surface area contributed by atoms with Crippen molar-refractivity contribution < 1.29 is 14.8 Å². The summed E-state index contributed by atoms with van der Waals surface area (Å²) in [5, 5.41) is 22.0. The van der Waals surface area contributed by atoms with Crippen molar-refractivity contribution in [3.63, 3.8) is 0 Å². The highest BCUT2D eigenvalue weighted by atomic mass is 79.9. The topological polar surface area (TPSA) is 85.4 Å². The van der Waals surface area contributed by atoms with Crippen LogP contribution in [0.15, 0.2) is 77.4 Å². The lowest BCUT2D eigenvalue weighted by atomic mass is 9.91. The van der Waals surface area contributed by atoms with E-state index in [1.54, 1.807) is 25.1 Å². The first kappa shape index (κ1) is 19.8. The highest BCUT2D eigenvalue weighted by Gasteiger charge is 2.27. The molecule has 4 rings (SSSR count). The van der Waals surface area contributed by atoms with Crippen molar-refractivity contribution in [1.29, 1.82) is 0 Å². The number of hydrogen-bond donors (Lipinski definition) is 1. The molecule has 0 saturated carbocycles. The number of carbonyl (C=O) groups is 1. The summed E-state index contributed by atoms with van der Waals surface area (Å²) >= 11 is 3.48. The van der Waals surface area contributed by atoms with Crippen LogP contribution in [0.3, 0.4) is 0 Å². The molecule has 1 aromatic heterocycles. The Hall–Kier alpha value is -3.45. The van der Waals surface area contributed by atoms with Crippen LogP contribution in [0, 0.1) is 17.0 Å². The van der Waals surface area contributed by atoms with Gasteiger partial charge >= 0.3 is 5.97 Å². The van der Waals surface area contributed by atoms with Crippen LogP contribution in [-0.2, 0) is 4.79 Å². The van der Waals surface area contributed by atoms with Gasteiger partial charge in [-0.1, -0.05) is 46.3 Å². The molecule has 4 aromatic rings. The van der Waals surface area contributed by atoms with E-state index in [0.29, 0.717) is 11.1 Å². The van der Waals surface area contributed by atoms with Gasteiger partial charge < -0.3 is 9.67 Å². The molecule has 0 aliphatic heterocycles. The van der Waals surface area contributed by atoms with E-state index in [0.717, 1.165) is 26.6 Å². The number of halogens is 1. The zero-order chi connectivity index (χ0) is 21.4.